The summed E-state index contributed by atoms with van der Waals surface area (Å²) in [4.78, 5) is 0. The van der Waals surface area contributed by atoms with Gasteiger partial charge in [0.2, 0.25) is 0 Å². The van der Waals surface area contributed by atoms with Crippen molar-refractivity contribution in [1.82, 2.24) is 0 Å². The molecule has 126 valence electrons. The average molecular weight is 363 g/mol. The molecule has 24 heavy (non-hydrogen) atoms. The monoisotopic (exact) mass is 362 g/mol. The lowest BCUT2D eigenvalue weighted by Gasteiger charge is -2.10. The Bertz CT molecular complexity index is 857. The summed E-state index contributed by atoms with van der Waals surface area (Å²) in [6.07, 6.45) is 0. The molecule has 0 radical (unpaired) electrons. The lowest BCUT2D eigenvalue weighted by Crippen LogP contribution is -2.04. The highest BCUT2D eigenvalue weighted by atomic mass is 35.5. The van der Waals surface area contributed by atoms with Crippen LogP contribution in [0.2, 0.25) is 4.34 Å². The van der Waals surface area contributed by atoms with E-state index >= 15 is 0 Å². The fraction of sp³-hybridized carbons (Fsp3) is 0.263. The molecular weight excluding hydrogens is 344 g/mol. The fourth-order valence-electron chi connectivity index (χ4n) is 2.71. The number of fused-ring (bicyclic) bond motifs is 1. The van der Waals surface area contributed by atoms with E-state index in [2.05, 4.69) is 0 Å². The Morgan fingerprint density at radius 1 is 1.12 bits per heavy atom. The first-order valence-electron chi connectivity index (χ1n) is 7.68. The summed E-state index contributed by atoms with van der Waals surface area (Å²) in [5, 5.41) is 10.5. The van der Waals surface area contributed by atoms with Crippen molar-refractivity contribution in [2.24, 2.45) is 0 Å². The van der Waals surface area contributed by atoms with Crippen molar-refractivity contribution >= 4 is 33.0 Å². The minimum Gasteiger partial charge on any atom is -0.491 e. The topological polar surface area (TPSA) is 38.7 Å². The molecule has 1 aromatic heterocycles. The predicted octanol–water partition coefficient (Wildman–Crippen LogP) is 5.05. The van der Waals surface area contributed by atoms with E-state index in [1.54, 1.807) is 18.4 Å². The summed E-state index contributed by atoms with van der Waals surface area (Å²) < 4.78 is 12.5. The highest BCUT2D eigenvalue weighted by molar-refractivity contribution is 7.23. The van der Waals surface area contributed by atoms with E-state index in [4.69, 9.17) is 21.1 Å². The largest absolute Gasteiger partial charge is 0.491 e. The van der Waals surface area contributed by atoms with Crippen molar-refractivity contribution in [2.75, 3.05) is 20.3 Å². The van der Waals surface area contributed by atoms with Gasteiger partial charge in [-0.3, -0.25) is 0 Å². The predicted molar refractivity (Wildman–Crippen MR) is 100 cm³/mol. The maximum absolute atomic E-state index is 9.40. The molecule has 3 nitrogen and oxygen atoms in total. The van der Waals surface area contributed by atoms with Crippen molar-refractivity contribution in [2.45, 2.75) is 13.5 Å². The maximum atomic E-state index is 9.40. The quantitative estimate of drug-likeness (QED) is 0.624. The van der Waals surface area contributed by atoms with Crippen LogP contribution in [0.25, 0.3) is 21.2 Å². The van der Waals surface area contributed by atoms with Crippen LogP contribution in [0, 0.1) is 6.92 Å². The SMILES string of the molecule is COCCOc1ccc(-c2c(Cl)sc3ccc(CO)cc23)c(C)c1. The van der Waals surface area contributed by atoms with Gasteiger partial charge in [0.15, 0.2) is 0 Å². The molecule has 0 bridgehead atoms. The molecule has 0 spiro atoms. The zero-order valence-electron chi connectivity index (χ0n) is 13.6. The van der Waals surface area contributed by atoms with Crippen LogP contribution in [0.3, 0.4) is 0 Å². The molecule has 0 unspecified atom stereocenters. The normalized spacial score (nSPS) is 11.2. The van der Waals surface area contributed by atoms with Gasteiger partial charge >= 0.3 is 0 Å². The summed E-state index contributed by atoms with van der Waals surface area (Å²) in [5.41, 5.74) is 4.09. The van der Waals surface area contributed by atoms with Crippen LogP contribution < -0.4 is 4.74 Å². The minimum atomic E-state index is 0.0219. The van der Waals surface area contributed by atoms with Gasteiger partial charge in [-0.05, 0) is 47.9 Å². The van der Waals surface area contributed by atoms with Gasteiger partial charge in [-0.1, -0.05) is 23.7 Å². The summed E-state index contributed by atoms with van der Waals surface area (Å²) in [7, 11) is 1.65. The number of thiophene rings is 1. The molecule has 3 aromatic rings. The second-order valence-electron chi connectivity index (χ2n) is 5.56. The number of aliphatic hydroxyl groups is 1. The van der Waals surface area contributed by atoms with E-state index in [1.165, 1.54) is 0 Å². The van der Waals surface area contributed by atoms with Gasteiger partial charge in [-0.15, -0.1) is 11.3 Å². The molecule has 0 aliphatic rings. The van der Waals surface area contributed by atoms with Crippen molar-refractivity contribution in [3.63, 3.8) is 0 Å². The summed E-state index contributed by atoms with van der Waals surface area (Å²) in [5.74, 6) is 0.819. The van der Waals surface area contributed by atoms with Crippen LogP contribution >= 0.6 is 22.9 Å². The van der Waals surface area contributed by atoms with E-state index < -0.39 is 0 Å². The number of rotatable bonds is 6. The molecule has 0 amide bonds. The Kier molecular flexibility index (Phi) is 5.41. The Labute approximate surface area is 150 Å². The van der Waals surface area contributed by atoms with Crippen LogP contribution in [-0.4, -0.2) is 25.4 Å². The summed E-state index contributed by atoms with van der Waals surface area (Å²) >= 11 is 8.08. The standard InChI is InChI=1S/C19H19ClO3S/c1-12-9-14(23-8-7-22-2)4-5-15(12)18-16-10-13(11-21)3-6-17(16)24-19(18)20/h3-6,9-10,21H,7-8,11H2,1-2H3. The number of benzene rings is 2. The molecule has 5 heteroatoms. The third-order valence-corrected chi connectivity index (χ3v) is 5.30. The first kappa shape index (κ1) is 17.2. The lowest BCUT2D eigenvalue weighted by atomic mass is 9.99. The van der Waals surface area contributed by atoms with Crippen LogP contribution in [0.1, 0.15) is 11.1 Å². The van der Waals surface area contributed by atoms with Gasteiger partial charge < -0.3 is 14.6 Å². The molecule has 1 heterocycles. The molecule has 1 N–H and O–H groups in total. The molecule has 2 aromatic carbocycles. The van der Waals surface area contributed by atoms with E-state index in [1.807, 2.05) is 43.3 Å². The van der Waals surface area contributed by atoms with Gasteiger partial charge in [-0.25, -0.2) is 0 Å². The molecular formula is C19H19ClO3S. The fourth-order valence-corrected chi connectivity index (χ4v) is 4.09. The van der Waals surface area contributed by atoms with Crippen molar-refractivity contribution in [1.29, 1.82) is 0 Å². The smallest absolute Gasteiger partial charge is 0.119 e. The number of methoxy groups -OCH3 is 1. The highest BCUT2D eigenvalue weighted by Gasteiger charge is 2.15. The second-order valence-corrected chi connectivity index (χ2v) is 7.21. The number of hydrogen-bond donors (Lipinski definition) is 1. The molecule has 0 fully saturated rings. The van der Waals surface area contributed by atoms with Gasteiger partial charge in [-0.2, -0.15) is 0 Å². The van der Waals surface area contributed by atoms with Gasteiger partial charge in [0.1, 0.15) is 16.7 Å². The van der Waals surface area contributed by atoms with E-state index in [0.29, 0.717) is 13.2 Å². The zero-order chi connectivity index (χ0) is 17.1. The van der Waals surface area contributed by atoms with Crippen molar-refractivity contribution in [3.8, 4) is 16.9 Å². The summed E-state index contributed by atoms with van der Waals surface area (Å²) in [6.45, 7) is 3.16. The first-order valence-corrected chi connectivity index (χ1v) is 8.88. The number of aliphatic hydroxyl groups excluding tert-OH is 1. The molecule has 0 saturated heterocycles. The lowest BCUT2D eigenvalue weighted by molar-refractivity contribution is 0.146. The number of hydrogen-bond acceptors (Lipinski definition) is 4. The molecule has 0 saturated carbocycles. The van der Waals surface area contributed by atoms with E-state index in [9.17, 15) is 5.11 Å². The Morgan fingerprint density at radius 3 is 2.67 bits per heavy atom. The Hall–Kier alpha value is -1.59. The van der Waals surface area contributed by atoms with Crippen molar-refractivity contribution in [3.05, 3.63) is 51.9 Å². The first-order chi connectivity index (χ1) is 11.6. The molecule has 0 aliphatic heterocycles. The highest BCUT2D eigenvalue weighted by Crippen LogP contribution is 2.44. The van der Waals surface area contributed by atoms with Crippen LogP contribution in [0.4, 0.5) is 0 Å². The molecule has 0 aliphatic carbocycles. The van der Waals surface area contributed by atoms with Crippen LogP contribution in [-0.2, 0) is 11.3 Å². The minimum absolute atomic E-state index is 0.0219. The van der Waals surface area contributed by atoms with Crippen molar-refractivity contribution < 1.29 is 14.6 Å². The third kappa shape index (κ3) is 3.42. The summed E-state index contributed by atoms with van der Waals surface area (Å²) in [6, 6.07) is 12.0. The number of aryl methyl sites for hydroxylation is 1. The second kappa shape index (κ2) is 7.53. The molecule has 3 rings (SSSR count). The van der Waals surface area contributed by atoms with Crippen LogP contribution in [0.15, 0.2) is 36.4 Å². The Balaban J connectivity index is 2.02. The molecule has 0 atom stereocenters. The third-order valence-electron chi connectivity index (χ3n) is 3.92. The number of halogens is 1. The van der Waals surface area contributed by atoms with E-state index in [-0.39, 0.29) is 6.61 Å². The van der Waals surface area contributed by atoms with E-state index in [0.717, 1.165) is 42.4 Å². The van der Waals surface area contributed by atoms with Gasteiger partial charge in [0.05, 0.1) is 13.2 Å². The Morgan fingerprint density at radius 2 is 1.96 bits per heavy atom. The van der Waals surface area contributed by atoms with Crippen LogP contribution in [0.5, 0.6) is 5.75 Å². The number of ether oxygens (including phenoxy) is 2. The van der Waals surface area contributed by atoms with Gasteiger partial charge in [0.25, 0.3) is 0 Å². The van der Waals surface area contributed by atoms with Gasteiger partial charge in [0, 0.05) is 22.8 Å². The zero-order valence-corrected chi connectivity index (χ0v) is 15.2. The maximum Gasteiger partial charge on any atom is 0.119 e. The average Bonchev–Trinajstić information content (AvgIpc) is 2.90.